The summed E-state index contributed by atoms with van der Waals surface area (Å²) in [5.74, 6) is -3.19. The maximum atomic E-state index is 12.9. The van der Waals surface area contributed by atoms with Gasteiger partial charge in [-0.3, -0.25) is 14.4 Å². The zero-order valence-electron chi connectivity index (χ0n) is 20.2. The Balaban J connectivity index is 5.39. The number of nitrogens with two attached hydrogens (primary N) is 1. The lowest BCUT2D eigenvalue weighted by Gasteiger charge is -2.29. The van der Waals surface area contributed by atoms with E-state index < -0.39 is 47.9 Å². The maximum Gasteiger partial charge on any atom is 0.326 e. The van der Waals surface area contributed by atoms with E-state index >= 15 is 0 Å². The van der Waals surface area contributed by atoms with Gasteiger partial charge in [0.1, 0.15) is 18.1 Å². The number of carboxylic acids is 1. The van der Waals surface area contributed by atoms with Crippen molar-refractivity contribution in [1.29, 1.82) is 0 Å². The summed E-state index contributed by atoms with van der Waals surface area (Å²) in [5, 5.41) is 17.4. The normalized spacial score (nSPS) is 16.4. The van der Waals surface area contributed by atoms with Gasteiger partial charge in [-0.15, -0.1) is 0 Å². The second-order valence-corrected chi connectivity index (χ2v) is 9.41. The molecule has 9 nitrogen and oxygen atoms in total. The van der Waals surface area contributed by atoms with Crippen LogP contribution in [-0.2, 0) is 19.2 Å². The van der Waals surface area contributed by atoms with Crippen molar-refractivity contribution in [2.24, 2.45) is 29.4 Å². The molecule has 0 aromatic heterocycles. The largest absolute Gasteiger partial charge is 0.480 e. The van der Waals surface area contributed by atoms with Crippen LogP contribution in [0.4, 0.5) is 0 Å². The van der Waals surface area contributed by atoms with Crippen LogP contribution in [0.3, 0.4) is 0 Å². The fourth-order valence-corrected chi connectivity index (χ4v) is 3.11. The molecule has 5 unspecified atom stereocenters. The first-order valence-electron chi connectivity index (χ1n) is 11.1. The Morgan fingerprint density at radius 3 is 1.45 bits per heavy atom. The van der Waals surface area contributed by atoms with Crippen LogP contribution in [0, 0.1) is 23.7 Å². The molecule has 31 heavy (non-hydrogen) atoms. The van der Waals surface area contributed by atoms with E-state index in [2.05, 4.69) is 16.0 Å². The van der Waals surface area contributed by atoms with Crippen molar-refractivity contribution in [3.05, 3.63) is 0 Å². The number of carbonyl (C=O) groups is 4. The molecule has 0 aromatic carbocycles. The Morgan fingerprint density at radius 1 is 0.742 bits per heavy atom. The summed E-state index contributed by atoms with van der Waals surface area (Å²) in [6.07, 6.45) is 1.07. The lowest BCUT2D eigenvalue weighted by Crippen LogP contribution is -2.60. The first kappa shape index (κ1) is 28.8. The molecule has 0 rings (SSSR count). The number of carbonyl (C=O) groups excluding carboxylic acids is 3. The molecule has 6 N–H and O–H groups in total. The average Bonchev–Trinajstić information content (AvgIpc) is 2.65. The monoisotopic (exact) mass is 442 g/mol. The van der Waals surface area contributed by atoms with E-state index in [4.69, 9.17) is 5.73 Å². The van der Waals surface area contributed by atoms with Crippen LogP contribution in [0.5, 0.6) is 0 Å². The number of aliphatic carboxylic acids is 1. The molecule has 0 saturated heterocycles. The topological polar surface area (TPSA) is 151 Å². The zero-order valence-corrected chi connectivity index (χ0v) is 20.2. The highest BCUT2D eigenvalue weighted by Gasteiger charge is 2.34. The van der Waals surface area contributed by atoms with Crippen LogP contribution in [0.2, 0.25) is 0 Å². The summed E-state index contributed by atoms with van der Waals surface area (Å²) >= 11 is 0. The minimum Gasteiger partial charge on any atom is -0.480 e. The first-order valence-corrected chi connectivity index (χ1v) is 11.1. The van der Waals surface area contributed by atoms with Crippen LogP contribution < -0.4 is 21.7 Å². The maximum absolute atomic E-state index is 12.9. The summed E-state index contributed by atoms with van der Waals surface area (Å²) < 4.78 is 0. The van der Waals surface area contributed by atoms with Crippen molar-refractivity contribution in [3.63, 3.8) is 0 Å². The van der Waals surface area contributed by atoms with Crippen molar-refractivity contribution in [2.45, 2.75) is 92.4 Å². The van der Waals surface area contributed by atoms with E-state index in [1.165, 1.54) is 0 Å². The van der Waals surface area contributed by atoms with E-state index in [1.807, 2.05) is 20.8 Å². The summed E-state index contributed by atoms with van der Waals surface area (Å²) in [7, 11) is 0. The Bertz CT molecular complexity index is 621. The van der Waals surface area contributed by atoms with Gasteiger partial charge >= 0.3 is 5.97 Å². The highest BCUT2D eigenvalue weighted by atomic mass is 16.4. The van der Waals surface area contributed by atoms with Crippen molar-refractivity contribution >= 4 is 23.7 Å². The molecule has 0 aliphatic carbocycles. The highest BCUT2D eigenvalue weighted by molar-refractivity contribution is 5.94. The molecule has 0 fully saturated rings. The van der Waals surface area contributed by atoms with Crippen molar-refractivity contribution in [3.8, 4) is 0 Å². The predicted molar refractivity (Wildman–Crippen MR) is 120 cm³/mol. The lowest BCUT2D eigenvalue weighted by atomic mass is 9.96. The SMILES string of the molecule is CCC(C)C(NC(=O)C(NC(=O)C(NC(=O)C(N)CC(C)C)C(C)C)C(C)C)C(=O)O. The standard InChI is InChI=1S/C22H42N4O5/c1-9-14(8)18(22(30)31)26-21(29)17(13(6)7)25-20(28)16(12(4)5)24-19(27)15(23)10-11(2)3/h11-18H,9-10,23H2,1-8H3,(H,24,27)(H,25,28)(H,26,29)(H,30,31). The highest BCUT2D eigenvalue weighted by Crippen LogP contribution is 2.11. The minimum atomic E-state index is -1.12. The summed E-state index contributed by atoms with van der Waals surface area (Å²) in [6, 6.07) is -3.60. The minimum absolute atomic E-state index is 0.230. The van der Waals surface area contributed by atoms with Gasteiger partial charge in [0.2, 0.25) is 17.7 Å². The first-order chi connectivity index (χ1) is 14.2. The van der Waals surface area contributed by atoms with Gasteiger partial charge in [-0.1, -0.05) is 61.8 Å². The summed E-state index contributed by atoms with van der Waals surface area (Å²) in [6.45, 7) is 14.6. The molecule has 9 heteroatoms. The van der Waals surface area contributed by atoms with Gasteiger partial charge in [0, 0.05) is 0 Å². The van der Waals surface area contributed by atoms with Crippen LogP contribution >= 0.6 is 0 Å². The quantitative estimate of drug-likeness (QED) is 0.290. The Morgan fingerprint density at radius 2 is 1.13 bits per heavy atom. The molecule has 0 heterocycles. The van der Waals surface area contributed by atoms with Gasteiger partial charge in [0.25, 0.3) is 0 Å². The number of amides is 3. The average molecular weight is 443 g/mol. The second kappa shape index (κ2) is 13.3. The molecule has 0 radical (unpaired) electrons. The summed E-state index contributed by atoms with van der Waals surface area (Å²) in [4.78, 5) is 49.7. The third kappa shape index (κ3) is 9.67. The van der Waals surface area contributed by atoms with Crippen LogP contribution in [0.1, 0.15) is 68.2 Å². The van der Waals surface area contributed by atoms with Crippen molar-refractivity contribution in [2.75, 3.05) is 0 Å². The predicted octanol–water partition coefficient (Wildman–Crippen LogP) is 1.26. The molecule has 3 amide bonds. The number of rotatable bonds is 13. The second-order valence-electron chi connectivity index (χ2n) is 9.41. The van der Waals surface area contributed by atoms with E-state index in [0.717, 1.165) is 0 Å². The molecule has 0 aliphatic heterocycles. The van der Waals surface area contributed by atoms with Gasteiger partial charge in [0.15, 0.2) is 0 Å². The van der Waals surface area contributed by atoms with E-state index in [-0.39, 0.29) is 23.7 Å². The Hall–Kier alpha value is -2.16. The Labute approximate surface area is 186 Å². The summed E-state index contributed by atoms with van der Waals surface area (Å²) in [5.41, 5.74) is 5.93. The molecule has 0 saturated carbocycles. The molecule has 0 aliphatic rings. The molecule has 5 atom stereocenters. The fraction of sp³-hybridized carbons (Fsp3) is 0.818. The lowest BCUT2D eigenvalue weighted by molar-refractivity contribution is -0.144. The van der Waals surface area contributed by atoms with E-state index in [1.54, 1.807) is 34.6 Å². The third-order valence-electron chi connectivity index (χ3n) is 5.33. The van der Waals surface area contributed by atoms with Crippen molar-refractivity contribution in [1.82, 2.24) is 16.0 Å². The molecule has 0 bridgehead atoms. The number of carboxylic acid groups (broad SMARTS) is 1. The Kier molecular flexibility index (Phi) is 12.4. The zero-order chi connectivity index (χ0) is 24.5. The van der Waals surface area contributed by atoms with Gasteiger partial charge in [-0.2, -0.15) is 0 Å². The van der Waals surface area contributed by atoms with Crippen LogP contribution in [0.15, 0.2) is 0 Å². The van der Waals surface area contributed by atoms with Gasteiger partial charge < -0.3 is 26.8 Å². The molecule has 180 valence electrons. The third-order valence-corrected chi connectivity index (χ3v) is 5.33. The van der Waals surface area contributed by atoms with Crippen molar-refractivity contribution < 1.29 is 24.3 Å². The molecular weight excluding hydrogens is 400 g/mol. The van der Waals surface area contributed by atoms with Gasteiger partial charge in [-0.25, -0.2) is 4.79 Å². The fourth-order valence-electron chi connectivity index (χ4n) is 3.11. The van der Waals surface area contributed by atoms with Crippen LogP contribution in [0.25, 0.3) is 0 Å². The molecular formula is C22H42N4O5. The number of hydrogen-bond acceptors (Lipinski definition) is 5. The van der Waals surface area contributed by atoms with Gasteiger partial charge in [-0.05, 0) is 30.1 Å². The van der Waals surface area contributed by atoms with E-state index in [0.29, 0.717) is 12.8 Å². The smallest absolute Gasteiger partial charge is 0.326 e. The molecule has 0 spiro atoms. The molecule has 0 aromatic rings. The van der Waals surface area contributed by atoms with Gasteiger partial charge in [0.05, 0.1) is 6.04 Å². The van der Waals surface area contributed by atoms with E-state index in [9.17, 15) is 24.3 Å². The number of hydrogen-bond donors (Lipinski definition) is 5. The number of nitrogens with one attached hydrogen (secondary N) is 3. The van der Waals surface area contributed by atoms with Crippen LogP contribution in [-0.4, -0.2) is 53.0 Å².